The molecule has 3 nitrogen and oxygen atoms in total. The maximum atomic E-state index is 9.44. The van der Waals surface area contributed by atoms with Crippen molar-refractivity contribution in [1.29, 1.82) is 5.26 Å². The van der Waals surface area contributed by atoms with Crippen LogP contribution in [0.4, 0.5) is 0 Å². The third-order valence-corrected chi connectivity index (χ3v) is 4.01. The summed E-state index contributed by atoms with van der Waals surface area (Å²) in [5, 5.41) is 12.8. The van der Waals surface area contributed by atoms with Gasteiger partial charge in [-0.3, -0.25) is 5.32 Å². The van der Waals surface area contributed by atoms with Crippen molar-refractivity contribution in [3.05, 3.63) is 29.8 Å². The van der Waals surface area contributed by atoms with Gasteiger partial charge in [-0.2, -0.15) is 5.26 Å². The summed E-state index contributed by atoms with van der Waals surface area (Å²) in [7, 11) is 0. The molecule has 1 fully saturated rings. The molecule has 20 heavy (non-hydrogen) atoms. The highest BCUT2D eigenvalue weighted by Gasteiger charge is 2.40. The summed E-state index contributed by atoms with van der Waals surface area (Å²) in [5.41, 5.74) is 0.902. The lowest BCUT2D eigenvalue weighted by Crippen LogP contribution is -2.42. The zero-order valence-electron chi connectivity index (χ0n) is 12.5. The van der Waals surface area contributed by atoms with Crippen molar-refractivity contribution >= 4 is 0 Å². The number of benzene rings is 1. The summed E-state index contributed by atoms with van der Waals surface area (Å²) in [5.74, 6) is 0.929. The second-order valence-electron chi connectivity index (χ2n) is 5.60. The van der Waals surface area contributed by atoms with Gasteiger partial charge in [-0.05, 0) is 49.9 Å². The second kappa shape index (κ2) is 6.76. The van der Waals surface area contributed by atoms with E-state index < -0.39 is 0 Å². The molecule has 2 unspecified atom stereocenters. The van der Waals surface area contributed by atoms with Crippen LogP contribution in [0, 0.1) is 11.3 Å². The van der Waals surface area contributed by atoms with Crippen LogP contribution in [0.2, 0.25) is 0 Å². The van der Waals surface area contributed by atoms with Crippen LogP contribution in [0.1, 0.15) is 45.1 Å². The van der Waals surface area contributed by atoms with E-state index in [9.17, 15) is 5.26 Å². The zero-order chi connectivity index (χ0) is 14.4. The van der Waals surface area contributed by atoms with Crippen LogP contribution < -0.4 is 10.1 Å². The third-order valence-electron chi connectivity index (χ3n) is 4.01. The Labute approximate surface area is 121 Å². The molecule has 1 aromatic carbocycles. The predicted octanol–water partition coefficient (Wildman–Crippen LogP) is 3.44. The predicted molar refractivity (Wildman–Crippen MR) is 80.7 cm³/mol. The lowest BCUT2D eigenvalue weighted by molar-refractivity contribution is 0.201. The Balaban J connectivity index is 1.97. The smallest absolute Gasteiger partial charge is 0.119 e. The Hall–Kier alpha value is -1.53. The highest BCUT2D eigenvalue weighted by molar-refractivity contribution is 5.29. The van der Waals surface area contributed by atoms with Crippen LogP contribution in [0.25, 0.3) is 0 Å². The molecule has 1 aliphatic rings. The molecule has 2 rings (SSSR count). The molecule has 0 aromatic heterocycles. The fourth-order valence-corrected chi connectivity index (χ4v) is 2.80. The van der Waals surface area contributed by atoms with Crippen molar-refractivity contribution in [2.75, 3.05) is 6.54 Å². The van der Waals surface area contributed by atoms with Crippen LogP contribution >= 0.6 is 0 Å². The van der Waals surface area contributed by atoms with E-state index in [1.54, 1.807) is 0 Å². The summed E-state index contributed by atoms with van der Waals surface area (Å²) < 4.78 is 6.06. The number of rotatable bonds is 6. The van der Waals surface area contributed by atoms with Gasteiger partial charge >= 0.3 is 0 Å². The van der Waals surface area contributed by atoms with Crippen molar-refractivity contribution in [3.8, 4) is 11.8 Å². The van der Waals surface area contributed by atoms with E-state index in [1.807, 2.05) is 12.1 Å². The highest BCUT2D eigenvalue weighted by Crippen LogP contribution is 2.32. The first-order chi connectivity index (χ1) is 9.71. The van der Waals surface area contributed by atoms with Crippen LogP contribution in [0.15, 0.2) is 24.3 Å². The first-order valence-corrected chi connectivity index (χ1v) is 7.63. The van der Waals surface area contributed by atoms with Gasteiger partial charge in [0.2, 0.25) is 0 Å². The minimum atomic E-state index is -0.386. The summed E-state index contributed by atoms with van der Waals surface area (Å²) in [4.78, 5) is 0. The summed E-state index contributed by atoms with van der Waals surface area (Å²) >= 11 is 0. The minimum absolute atomic E-state index is 0.145. The van der Waals surface area contributed by atoms with Gasteiger partial charge in [0.05, 0.1) is 6.07 Å². The standard InChI is InChI=1S/C17H24N2O/c1-3-10-19-17(13-18)9-8-16(12-17)20-15-7-5-6-14(4-2)11-15/h5-7,11,16,19H,3-4,8-10,12H2,1-2H3. The average molecular weight is 272 g/mol. The molecular formula is C17H24N2O. The lowest BCUT2D eigenvalue weighted by atomic mass is 9.99. The van der Waals surface area contributed by atoms with E-state index in [0.29, 0.717) is 0 Å². The first kappa shape index (κ1) is 14.9. The van der Waals surface area contributed by atoms with Gasteiger partial charge in [-0.25, -0.2) is 0 Å². The SMILES string of the molecule is CCCNC1(C#N)CCC(Oc2cccc(CC)c2)C1. The normalized spacial score (nSPS) is 25.4. The van der Waals surface area contributed by atoms with E-state index in [-0.39, 0.29) is 11.6 Å². The van der Waals surface area contributed by atoms with E-state index >= 15 is 0 Å². The first-order valence-electron chi connectivity index (χ1n) is 7.63. The highest BCUT2D eigenvalue weighted by atomic mass is 16.5. The van der Waals surface area contributed by atoms with Crippen molar-refractivity contribution in [3.63, 3.8) is 0 Å². The third kappa shape index (κ3) is 3.52. The monoisotopic (exact) mass is 272 g/mol. The number of ether oxygens (including phenoxy) is 1. The number of nitriles is 1. The number of nitrogens with one attached hydrogen (secondary N) is 1. The van der Waals surface area contributed by atoms with Gasteiger partial charge in [0, 0.05) is 6.42 Å². The molecule has 0 bridgehead atoms. The molecule has 1 saturated carbocycles. The van der Waals surface area contributed by atoms with E-state index in [1.165, 1.54) is 5.56 Å². The molecule has 0 saturated heterocycles. The summed E-state index contributed by atoms with van der Waals surface area (Å²) in [6, 6.07) is 10.7. The number of nitrogens with zero attached hydrogens (tertiary/aromatic N) is 1. The van der Waals surface area contributed by atoms with Crippen LogP contribution in [0.3, 0.4) is 0 Å². The Bertz CT molecular complexity index is 480. The van der Waals surface area contributed by atoms with E-state index in [0.717, 1.165) is 44.4 Å². The van der Waals surface area contributed by atoms with Gasteiger partial charge in [0.1, 0.15) is 17.4 Å². The van der Waals surface area contributed by atoms with Gasteiger partial charge in [0.25, 0.3) is 0 Å². The van der Waals surface area contributed by atoms with E-state index in [4.69, 9.17) is 4.74 Å². The van der Waals surface area contributed by atoms with Crippen LogP contribution in [-0.4, -0.2) is 18.2 Å². The topological polar surface area (TPSA) is 45.0 Å². The summed E-state index contributed by atoms with van der Waals surface area (Å²) in [6.45, 7) is 5.16. The molecule has 1 aromatic rings. The van der Waals surface area contributed by atoms with Gasteiger partial charge < -0.3 is 4.74 Å². The minimum Gasteiger partial charge on any atom is -0.490 e. The second-order valence-corrected chi connectivity index (χ2v) is 5.60. The number of hydrogen-bond donors (Lipinski definition) is 1. The molecule has 0 aliphatic heterocycles. The number of aryl methyl sites for hydroxylation is 1. The summed E-state index contributed by atoms with van der Waals surface area (Å²) in [6.07, 6.45) is 4.81. The molecule has 0 amide bonds. The molecule has 2 atom stereocenters. The quantitative estimate of drug-likeness (QED) is 0.862. The fourth-order valence-electron chi connectivity index (χ4n) is 2.80. The largest absolute Gasteiger partial charge is 0.490 e. The van der Waals surface area contributed by atoms with Gasteiger partial charge in [-0.15, -0.1) is 0 Å². The van der Waals surface area contributed by atoms with Crippen LogP contribution in [-0.2, 0) is 6.42 Å². The molecular weight excluding hydrogens is 248 g/mol. The van der Waals surface area contributed by atoms with Crippen molar-refractivity contribution in [2.24, 2.45) is 0 Å². The van der Waals surface area contributed by atoms with Crippen molar-refractivity contribution in [1.82, 2.24) is 5.32 Å². The molecule has 0 radical (unpaired) electrons. The van der Waals surface area contributed by atoms with Crippen LogP contribution in [0.5, 0.6) is 5.75 Å². The fraction of sp³-hybridized carbons (Fsp3) is 0.588. The number of hydrogen-bond acceptors (Lipinski definition) is 3. The zero-order valence-corrected chi connectivity index (χ0v) is 12.5. The Kier molecular flexibility index (Phi) is 5.03. The Morgan fingerprint density at radius 1 is 1.45 bits per heavy atom. The van der Waals surface area contributed by atoms with E-state index in [2.05, 4.69) is 37.4 Å². The van der Waals surface area contributed by atoms with Crippen molar-refractivity contribution in [2.45, 2.75) is 57.6 Å². The molecule has 3 heteroatoms. The molecule has 1 N–H and O–H groups in total. The van der Waals surface area contributed by atoms with Gasteiger partial charge in [-0.1, -0.05) is 26.0 Å². The maximum Gasteiger partial charge on any atom is 0.119 e. The molecule has 108 valence electrons. The van der Waals surface area contributed by atoms with Crippen molar-refractivity contribution < 1.29 is 4.74 Å². The van der Waals surface area contributed by atoms with Gasteiger partial charge in [0.15, 0.2) is 0 Å². The molecule has 1 aliphatic carbocycles. The molecule has 0 heterocycles. The molecule has 0 spiro atoms. The lowest BCUT2D eigenvalue weighted by Gasteiger charge is -2.22. The average Bonchev–Trinajstić information content (AvgIpc) is 2.89. The Morgan fingerprint density at radius 3 is 3.00 bits per heavy atom. The maximum absolute atomic E-state index is 9.44. The Morgan fingerprint density at radius 2 is 2.30 bits per heavy atom.